The molecule has 0 aliphatic carbocycles. The van der Waals surface area contributed by atoms with Crippen LogP contribution in [0.5, 0.6) is 11.5 Å². The number of halogens is 3. The second-order valence-corrected chi connectivity index (χ2v) is 7.39. The number of hydrogen-bond acceptors (Lipinski definition) is 6. The Morgan fingerprint density at radius 3 is 2.48 bits per heavy atom. The Bertz CT molecular complexity index is 1250. The second kappa shape index (κ2) is 10.0. The van der Waals surface area contributed by atoms with Gasteiger partial charge >= 0.3 is 12.1 Å². The minimum Gasteiger partial charge on any atom is -0.493 e. The lowest BCUT2D eigenvalue weighted by Crippen LogP contribution is -2.17. The molecule has 1 heterocycles. The van der Waals surface area contributed by atoms with Gasteiger partial charge in [0.15, 0.2) is 11.5 Å². The van der Waals surface area contributed by atoms with Gasteiger partial charge in [0, 0.05) is 0 Å². The molecular weight excluding hydrogens is 457 g/mol. The van der Waals surface area contributed by atoms with Gasteiger partial charge in [0.1, 0.15) is 16.5 Å². The number of para-hydroxylation sites is 1. The summed E-state index contributed by atoms with van der Waals surface area (Å²) in [6.45, 7) is 0. The number of thiophene rings is 1. The van der Waals surface area contributed by atoms with E-state index in [0.29, 0.717) is 10.4 Å². The number of alkyl halides is 3. The topological polar surface area (TPSA) is 88.4 Å². The Balaban J connectivity index is 1.83. The molecule has 0 aliphatic rings. The molecule has 3 rings (SSSR count). The fourth-order valence-corrected chi connectivity index (χ4v) is 3.35. The molecule has 0 fully saturated rings. The summed E-state index contributed by atoms with van der Waals surface area (Å²) < 4.78 is 50.0. The zero-order valence-electron chi connectivity index (χ0n) is 17.0. The summed E-state index contributed by atoms with van der Waals surface area (Å²) in [6.07, 6.45) is -3.50. The molecule has 3 aromatic rings. The molecular formula is C23H15F3N2O4S. The lowest BCUT2D eigenvalue weighted by atomic mass is 10.1. The van der Waals surface area contributed by atoms with Crippen LogP contribution in [0.15, 0.2) is 65.6 Å². The maximum Gasteiger partial charge on any atom is 0.418 e. The van der Waals surface area contributed by atoms with E-state index in [1.54, 1.807) is 23.6 Å². The zero-order valence-corrected chi connectivity index (χ0v) is 17.8. The quantitative estimate of drug-likeness (QED) is 0.220. The maximum atomic E-state index is 13.2. The molecule has 10 heteroatoms. The predicted molar refractivity (Wildman–Crippen MR) is 116 cm³/mol. The fourth-order valence-electron chi connectivity index (χ4n) is 2.75. The monoisotopic (exact) mass is 472 g/mol. The fraction of sp³-hybridized carbons (Fsp3) is 0.0870. The summed E-state index contributed by atoms with van der Waals surface area (Å²) in [6, 6.07) is 13.7. The Kier molecular flexibility index (Phi) is 7.15. The average molecular weight is 472 g/mol. The van der Waals surface area contributed by atoms with Gasteiger partial charge in [0.25, 0.3) is 5.91 Å². The number of nitrogens with zero attached hydrogens (tertiary/aromatic N) is 1. The normalized spacial score (nSPS) is 11.4. The van der Waals surface area contributed by atoms with E-state index in [4.69, 9.17) is 9.47 Å². The van der Waals surface area contributed by atoms with Crippen molar-refractivity contribution < 1.29 is 32.2 Å². The van der Waals surface area contributed by atoms with E-state index in [1.807, 2.05) is 0 Å². The molecule has 1 N–H and O–H groups in total. The highest BCUT2D eigenvalue weighted by Gasteiger charge is 2.33. The Morgan fingerprint density at radius 1 is 1.09 bits per heavy atom. The van der Waals surface area contributed by atoms with Gasteiger partial charge in [-0.25, -0.2) is 4.79 Å². The first-order valence-electron chi connectivity index (χ1n) is 9.26. The van der Waals surface area contributed by atoms with Crippen molar-refractivity contribution in [3.8, 4) is 17.6 Å². The van der Waals surface area contributed by atoms with Crippen LogP contribution in [0.3, 0.4) is 0 Å². The van der Waals surface area contributed by atoms with Crippen molar-refractivity contribution in [3.63, 3.8) is 0 Å². The SMILES string of the molecule is COc1cc(/C=C(\C#N)C(=O)Nc2ccccc2C(F)(F)F)ccc1OC(=O)c1cccs1. The van der Waals surface area contributed by atoms with E-state index in [2.05, 4.69) is 5.32 Å². The first-order valence-corrected chi connectivity index (χ1v) is 10.1. The van der Waals surface area contributed by atoms with Gasteiger partial charge in [-0.15, -0.1) is 11.3 Å². The van der Waals surface area contributed by atoms with Crippen molar-refractivity contribution in [1.82, 2.24) is 0 Å². The molecule has 168 valence electrons. The number of carbonyl (C=O) groups excluding carboxylic acids is 2. The Morgan fingerprint density at radius 2 is 1.85 bits per heavy atom. The summed E-state index contributed by atoms with van der Waals surface area (Å²) in [5, 5.41) is 13.2. The van der Waals surface area contributed by atoms with Gasteiger partial charge in [0.05, 0.1) is 18.4 Å². The molecule has 0 saturated carbocycles. The first kappa shape index (κ1) is 23.6. The number of nitrogens with one attached hydrogen (secondary N) is 1. The van der Waals surface area contributed by atoms with Crippen LogP contribution in [0, 0.1) is 11.3 Å². The second-order valence-electron chi connectivity index (χ2n) is 6.44. The molecule has 0 radical (unpaired) electrons. The third-order valence-corrected chi connectivity index (χ3v) is 5.12. The smallest absolute Gasteiger partial charge is 0.418 e. The van der Waals surface area contributed by atoms with Crippen molar-refractivity contribution in [2.45, 2.75) is 6.18 Å². The van der Waals surface area contributed by atoms with E-state index in [1.165, 1.54) is 54.9 Å². The summed E-state index contributed by atoms with van der Waals surface area (Å²) >= 11 is 1.21. The van der Waals surface area contributed by atoms with Crippen molar-refractivity contribution in [2.24, 2.45) is 0 Å². The molecule has 0 bridgehead atoms. The molecule has 6 nitrogen and oxygen atoms in total. The van der Waals surface area contributed by atoms with Crippen LogP contribution < -0.4 is 14.8 Å². The van der Waals surface area contributed by atoms with Crippen LogP contribution in [-0.4, -0.2) is 19.0 Å². The van der Waals surface area contributed by atoms with E-state index < -0.39 is 34.9 Å². The largest absolute Gasteiger partial charge is 0.493 e. The van der Waals surface area contributed by atoms with Gasteiger partial charge in [0.2, 0.25) is 0 Å². The summed E-state index contributed by atoms with van der Waals surface area (Å²) in [5.41, 5.74) is -1.60. The van der Waals surface area contributed by atoms with Crippen LogP contribution in [0.25, 0.3) is 6.08 Å². The third kappa shape index (κ3) is 5.78. The number of esters is 1. The van der Waals surface area contributed by atoms with Gasteiger partial charge in [-0.2, -0.15) is 18.4 Å². The highest BCUT2D eigenvalue weighted by atomic mass is 32.1. The van der Waals surface area contributed by atoms with Crippen LogP contribution in [0.4, 0.5) is 18.9 Å². The molecule has 2 aromatic carbocycles. The molecule has 0 saturated heterocycles. The van der Waals surface area contributed by atoms with Crippen molar-refractivity contribution >= 4 is 35.0 Å². The lowest BCUT2D eigenvalue weighted by Gasteiger charge is -2.13. The molecule has 0 unspecified atom stereocenters. The number of carbonyl (C=O) groups is 2. The zero-order chi connectivity index (χ0) is 24.0. The Labute approximate surface area is 190 Å². The summed E-state index contributed by atoms with van der Waals surface area (Å²) in [4.78, 5) is 25.0. The van der Waals surface area contributed by atoms with Gasteiger partial charge in [-0.3, -0.25) is 4.79 Å². The number of benzene rings is 2. The molecule has 33 heavy (non-hydrogen) atoms. The van der Waals surface area contributed by atoms with Gasteiger partial charge < -0.3 is 14.8 Å². The van der Waals surface area contributed by atoms with Crippen molar-refractivity contribution in [2.75, 3.05) is 12.4 Å². The van der Waals surface area contributed by atoms with Crippen LogP contribution in [-0.2, 0) is 11.0 Å². The predicted octanol–water partition coefficient (Wildman–Crippen LogP) is 5.54. The highest BCUT2D eigenvalue weighted by Crippen LogP contribution is 2.35. The van der Waals surface area contributed by atoms with Crippen molar-refractivity contribution in [3.05, 3.63) is 81.6 Å². The van der Waals surface area contributed by atoms with Crippen LogP contribution in [0.1, 0.15) is 20.8 Å². The number of amides is 1. The van der Waals surface area contributed by atoms with Crippen molar-refractivity contribution in [1.29, 1.82) is 5.26 Å². The highest BCUT2D eigenvalue weighted by molar-refractivity contribution is 7.12. The summed E-state index contributed by atoms with van der Waals surface area (Å²) in [5.74, 6) is -1.31. The number of methoxy groups -OCH3 is 1. The van der Waals surface area contributed by atoms with Crippen LogP contribution in [0.2, 0.25) is 0 Å². The Hall–Kier alpha value is -4.10. The molecule has 1 aromatic heterocycles. The number of hydrogen-bond donors (Lipinski definition) is 1. The standard InChI is InChI=1S/C23H15F3N2O4S/c1-31-19-12-14(8-9-18(19)32-22(30)20-7-4-10-33-20)11-15(13-27)21(29)28-17-6-3-2-5-16(17)23(24,25)26/h2-12H,1H3,(H,28,29)/b15-11+. The minimum absolute atomic E-state index is 0.120. The third-order valence-electron chi connectivity index (χ3n) is 4.27. The molecule has 1 amide bonds. The summed E-state index contributed by atoms with van der Waals surface area (Å²) in [7, 11) is 1.34. The molecule has 0 atom stereocenters. The maximum absolute atomic E-state index is 13.2. The number of anilines is 1. The number of rotatable bonds is 6. The van der Waals surface area contributed by atoms with E-state index in [9.17, 15) is 28.0 Å². The molecule has 0 spiro atoms. The van der Waals surface area contributed by atoms with Gasteiger partial charge in [-0.05, 0) is 47.4 Å². The molecule has 0 aliphatic heterocycles. The number of ether oxygens (including phenoxy) is 2. The average Bonchev–Trinajstić information content (AvgIpc) is 3.33. The van der Waals surface area contributed by atoms with E-state index in [0.717, 1.165) is 12.1 Å². The minimum atomic E-state index is -4.68. The van der Waals surface area contributed by atoms with Gasteiger partial charge in [-0.1, -0.05) is 24.3 Å². The number of nitriles is 1. The van der Waals surface area contributed by atoms with Crippen LogP contribution >= 0.6 is 11.3 Å². The first-order chi connectivity index (χ1) is 15.7. The van der Waals surface area contributed by atoms with E-state index in [-0.39, 0.29) is 11.5 Å². The van der Waals surface area contributed by atoms with E-state index >= 15 is 0 Å². The lowest BCUT2D eigenvalue weighted by molar-refractivity contribution is -0.137.